The van der Waals surface area contributed by atoms with Crippen molar-refractivity contribution in [3.05, 3.63) is 35.6 Å². The monoisotopic (exact) mass is 237 g/mol. The average Bonchev–Trinajstić information content (AvgIpc) is 2.34. The minimum atomic E-state index is -0.310. The number of hydrogen-bond donors (Lipinski definition) is 1. The van der Waals surface area contributed by atoms with Crippen LogP contribution < -0.4 is 5.32 Å². The van der Waals surface area contributed by atoms with Crippen LogP contribution >= 0.6 is 0 Å². The van der Waals surface area contributed by atoms with Crippen LogP contribution in [-0.4, -0.2) is 18.4 Å². The number of Topliss-reactive ketones (excluding diaryl/α,β-unsaturated/α-hetero) is 1. The second-order valence-corrected chi connectivity index (χ2v) is 4.12. The number of carbonyl (C=O) groups is 1. The molecule has 1 rings (SSSR count). The van der Waals surface area contributed by atoms with Gasteiger partial charge in [0.2, 0.25) is 0 Å². The molecule has 3 heteroatoms. The largest absolute Gasteiger partial charge is 0.307 e. The molecule has 0 fully saturated rings. The Labute approximate surface area is 102 Å². The first-order valence-electron chi connectivity index (χ1n) is 6.22. The molecule has 0 aliphatic carbocycles. The zero-order valence-electron chi connectivity index (χ0n) is 10.5. The number of nitrogens with one attached hydrogen (secondary N) is 1. The summed E-state index contributed by atoms with van der Waals surface area (Å²) >= 11 is 0. The van der Waals surface area contributed by atoms with Crippen molar-refractivity contribution in [1.82, 2.24) is 5.32 Å². The topological polar surface area (TPSA) is 29.1 Å². The predicted molar refractivity (Wildman–Crippen MR) is 67.7 cm³/mol. The number of unbranched alkanes of at least 4 members (excludes halogenated alkanes) is 1. The summed E-state index contributed by atoms with van der Waals surface area (Å²) in [4.78, 5) is 12.2. The zero-order valence-corrected chi connectivity index (χ0v) is 10.5. The molecule has 1 aromatic rings. The van der Waals surface area contributed by atoms with Gasteiger partial charge in [0, 0.05) is 5.56 Å². The van der Waals surface area contributed by atoms with Crippen LogP contribution in [0.25, 0.3) is 0 Å². The van der Waals surface area contributed by atoms with Crippen molar-refractivity contribution in [3.63, 3.8) is 0 Å². The van der Waals surface area contributed by atoms with Crippen molar-refractivity contribution in [2.75, 3.05) is 6.54 Å². The van der Waals surface area contributed by atoms with Crippen molar-refractivity contribution in [1.29, 1.82) is 0 Å². The molecule has 1 N–H and O–H groups in total. The van der Waals surface area contributed by atoms with E-state index >= 15 is 0 Å². The Bertz CT molecular complexity index is 348. The minimum Gasteiger partial charge on any atom is -0.307 e. The SMILES string of the molecule is CCCCC(NCC)C(=O)c1ccc(F)cc1. The Kier molecular flexibility index (Phi) is 5.84. The number of likely N-dealkylation sites (N-methyl/N-ethyl adjacent to an activating group) is 1. The fourth-order valence-electron chi connectivity index (χ4n) is 1.80. The maximum Gasteiger partial charge on any atom is 0.179 e. The third-order valence-corrected chi connectivity index (χ3v) is 2.74. The van der Waals surface area contributed by atoms with Gasteiger partial charge in [-0.2, -0.15) is 0 Å². The van der Waals surface area contributed by atoms with Gasteiger partial charge >= 0.3 is 0 Å². The highest BCUT2D eigenvalue weighted by atomic mass is 19.1. The summed E-state index contributed by atoms with van der Waals surface area (Å²) < 4.78 is 12.8. The van der Waals surface area contributed by atoms with Gasteiger partial charge in [-0.1, -0.05) is 26.7 Å². The summed E-state index contributed by atoms with van der Waals surface area (Å²) in [6.45, 7) is 4.85. The van der Waals surface area contributed by atoms with Gasteiger partial charge in [-0.3, -0.25) is 4.79 Å². The number of benzene rings is 1. The lowest BCUT2D eigenvalue weighted by molar-refractivity contribution is 0.0937. The van der Waals surface area contributed by atoms with Gasteiger partial charge in [-0.25, -0.2) is 4.39 Å². The van der Waals surface area contributed by atoms with E-state index in [-0.39, 0.29) is 17.6 Å². The highest BCUT2D eigenvalue weighted by Crippen LogP contribution is 2.10. The molecular formula is C14H20FNO. The molecule has 0 radical (unpaired) electrons. The molecule has 0 bridgehead atoms. The van der Waals surface area contributed by atoms with E-state index in [1.165, 1.54) is 12.1 Å². The molecule has 0 spiro atoms. The first-order chi connectivity index (χ1) is 8.19. The third kappa shape index (κ3) is 4.27. The zero-order chi connectivity index (χ0) is 12.7. The standard InChI is InChI=1S/C14H20FNO/c1-3-5-6-13(16-4-2)14(17)11-7-9-12(15)10-8-11/h7-10,13,16H,3-6H2,1-2H3. The van der Waals surface area contributed by atoms with E-state index in [1.54, 1.807) is 12.1 Å². The summed E-state index contributed by atoms with van der Waals surface area (Å²) in [7, 11) is 0. The Balaban J connectivity index is 2.72. The van der Waals surface area contributed by atoms with Crippen LogP contribution in [0.2, 0.25) is 0 Å². The highest BCUT2D eigenvalue weighted by molar-refractivity contribution is 6.00. The van der Waals surface area contributed by atoms with E-state index in [1.807, 2.05) is 6.92 Å². The van der Waals surface area contributed by atoms with Crippen molar-refractivity contribution in [3.8, 4) is 0 Å². The number of ketones is 1. The Morgan fingerprint density at radius 3 is 2.47 bits per heavy atom. The maximum atomic E-state index is 12.8. The van der Waals surface area contributed by atoms with E-state index in [9.17, 15) is 9.18 Å². The molecule has 94 valence electrons. The highest BCUT2D eigenvalue weighted by Gasteiger charge is 2.18. The molecule has 0 saturated heterocycles. The normalized spacial score (nSPS) is 12.4. The smallest absolute Gasteiger partial charge is 0.179 e. The third-order valence-electron chi connectivity index (χ3n) is 2.74. The number of halogens is 1. The summed E-state index contributed by atoms with van der Waals surface area (Å²) in [6.07, 6.45) is 2.92. The molecule has 0 heterocycles. The fraction of sp³-hybridized carbons (Fsp3) is 0.500. The van der Waals surface area contributed by atoms with E-state index < -0.39 is 0 Å². The lowest BCUT2D eigenvalue weighted by atomic mass is 9.99. The fourth-order valence-corrected chi connectivity index (χ4v) is 1.80. The van der Waals surface area contributed by atoms with Gasteiger partial charge < -0.3 is 5.32 Å². The molecule has 0 aromatic heterocycles. The number of carbonyl (C=O) groups excluding carboxylic acids is 1. The summed E-state index contributed by atoms with van der Waals surface area (Å²) in [5.74, 6) is -0.254. The minimum absolute atomic E-state index is 0.0558. The van der Waals surface area contributed by atoms with Crippen molar-refractivity contribution < 1.29 is 9.18 Å². The van der Waals surface area contributed by atoms with Gasteiger partial charge in [-0.15, -0.1) is 0 Å². The Morgan fingerprint density at radius 1 is 1.29 bits per heavy atom. The van der Waals surface area contributed by atoms with Crippen LogP contribution in [0.1, 0.15) is 43.5 Å². The quantitative estimate of drug-likeness (QED) is 0.738. The molecule has 1 aromatic carbocycles. The second kappa shape index (κ2) is 7.17. The van der Waals surface area contributed by atoms with Gasteiger partial charge in [0.25, 0.3) is 0 Å². The van der Waals surface area contributed by atoms with E-state index in [0.29, 0.717) is 5.56 Å². The van der Waals surface area contributed by atoms with Gasteiger partial charge in [0.05, 0.1) is 6.04 Å². The van der Waals surface area contributed by atoms with E-state index in [2.05, 4.69) is 12.2 Å². The van der Waals surface area contributed by atoms with Crippen LogP contribution in [0.4, 0.5) is 4.39 Å². The first kappa shape index (κ1) is 13.8. The number of hydrogen-bond acceptors (Lipinski definition) is 2. The molecule has 17 heavy (non-hydrogen) atoms. The van der Waals surface area contributed by atoms with Crippen molar-refractivity contribution >= 4 is 5.78 Å². The molecule has 1 atom stereocenters. The molecule has 0 aliphatic heterocycles. The summed E-state index contributed by atoms with van der Waals surface area (Å²) in [6, 6.07) is 5.61. The average molecular weight is 237 g/mol. The molecule has 0 amide bonds. The second-order valence-electron chi connectivity index (χ2n) is 4.12. The van der Waals surface area contributed by atoms with Crippen LogP contribution in [0.3, 0.4) is 0 Å². The Hall–Kier alpha value is -1.22. The molecule has 0 saturated carbocycles. The molecule has 0 aliphatic rings. The molecular weight excluding hydrogens is 217 g/mol. The van der Waals surface area contributed by atoms with Crippen LogP contribution in [0.5, 0.6) is 0 Å². The van der Waals surface area contributed by atoms with E-state index in [0.717, 1.165) is 25.8 Å². The molecule has 1 unspecified atom stereocenters. The van der Waals surface area contributed by atoms with Gasteiger partial charge in [0.15, 0.2) is 5.78 Å². The number of rotatable bonds is 7. The maximum absolute atomic E-state index is 12.8. The van der Waals surface area contributed by atoms with Crippen LogP contribution in [0, 0.1) is 5.82 Å². The van der Waals surface area contributed by atoms with Crippen LogP contribution in [-0.2, 0) is 0 Å². The van der Waals surface area contributed by atoms with Gasteiger partial charge in [0.1, 0.15) is 5.82 Å². The molecule has 2 nitrogen and oxygen atoms in total. The van der Waals surface area contributed by atoms with Crippen molar-refractivity contribution in [2.45, 2.75) is 39.2 Å². The summed E-state index contributed by atoms with van der Waals surface area (Å²) in [5.41, 5.74) is 0.577. The predicted octanol–water partition coefficient (Wildman–Crippen LogP) is 3.18. The summed E-state index contributed by atoms with van der Waals surface area (Å²) in [5, 5.41) is 3.19. The first-order valence-corrected chi connectivity index (χ1v) is 6.22. The van der Waals surface area contributed by atoms with Gasteiger partial charge in [-0.05, 0) is 37.2 Å². The lowest BCUT2D eigenvalue weighted by Crippen LogP contribution is -2.36. The van der Waals surface area contributed by atoms with E-state index in [4.69, 9.17) is 0 Å². The lowest BCUT2D eigenvalue weighted by Gasteiger charge is -2.16. The van der Waals surface area contributed by atoms with Crippen molar-refractivity contribution in [2.24, 2.45) is 0 Å². The Morgan fingerprint density at radius 2 is 1.94 bits per heavy atom. The van der Waals surface area contributed by atoms with Crippen LogP contribution in [0.15, 0.2) is 24.3 Å².